The Kier molecular flexibility index (Phi) is 7.98. The van der Waals surface area contributed by atoms with Crippen LogP contribution in [0.5, 0.6) is 0 Å². The number of carbonyl (C=O) groups excluding carboxylic acids is 2. The fourth-order valence-corrected chi connectivity index (χ4v) is 12.2. The van der Waals surface area contributed by atoms with Gasteiger partial charge in [-0.1, -0.05) is 65.0 Å². The zero-order valence-electron chi connectivity index (χ0n) is 28.7. The number of aliphatic hydroxyl groups excluding tert-OH is 1. The lowest BCUT2D eigenvalue weighted by molar-refractivity contribution is -0.171. The molecule has 0 radical (unpaired) electrons. The van der Waals surface area contributed by atoms with Crippen LogP contribution in [-0.2, 0) is 16.1 Å². The molecule has 0 bridgehead atoms. The fraction of sp³-hybridized carbons (Fsp3) is 0.789. The van der Waals surface area contributed by atoms with Crippen molar-refractivity contribution in [3.63, 3.8) is 0 Å². The first-order chi connectivity index (χ1) is 20.7. The van der Waals surface area contributed by atoms with Crippen molar-refractivity contribution >= 4 is 11.7 Å². The fourth-order valence-electron chi connectivity index (χ4n) is 12.2. The van der Waals surface area contributed by atoms with Crippen LogP contribution >= 0.6 is 0 Å². The summed E-state index contributed by atoms with van der Waals surface area (Å²) in [5.41, 5.74) is 0.587. The van der Waals surface area contributed by atoms with Crippen molar-refractivity contribution in [1.29, 1.82) is 0 Å². The maximum absolute atomic E-state index is 14.8. The molecule has 0 heterocycles. The van der Waals surface area contributed by atoms with Crippen molar-refractivity contribution in [3.05, 3.63) is 35.9 Å². The molecule has 12 atom stereocenters. The molecule has 5 fully saturated rings. The van der Waals surface area contributed by atoms with E-state index in [2.05, 4.69) is 94.6 Å². The van der Waals surface area contributed by atoms with Crippen molar-refractivity contribution in [2.24, 2.45) is 50.7 Å². The summed E-state index contributed by atoms with van der Waals surface area (Å²) in [6, 6.07) is 10.9. The molecule has 5 saturated carbocycles. The molecular formula is C38H59N3O3. The predicted molar refractivity (Wildman–Crippen MR) is 176 cm³/mol. The van der Waals surface area contributed by atoms with Crippen molar-refractivity contribution < 1.29 is 14.7 Å². The van der Waals surface area contributed by atoms with E-state index in [9.17, 15) is 14.7 Å². The van der Waals surface area contributed by atoms with Gasteiger partial charge in [0.2, 0.25) is 5.91 Å². The Bertz CT molecular complexity index is 1270. The van der Waals surface area contributed by atoms with E-state index in [1.54, 1.807) is 0 Å². The topological polar surface area (TPSA) is 81.7 Å². The van der Waals surface area contributed by atoms with Gasteiger partial charge in [-0.05, 0) is 99.6 Å². The van der Waals surface area contributed by atoms with Gasteiger partial charge in [-0.3, -0.25) is 9.59 Å². The first-order valence-corrected chi connectivity index (χ1v) is 17.6. The summed E-state index contributed by atoms with van der Waals surface area (Å²) in [6.07, 6.45) is 6.94. The number of aliphatic hydroxyl groups is 1. The minimum absolute atomic E-state index is 0.000681. The summed E-state index contributed by atoms with van der Waals surface area (Å²) in [7, 11) is 4.21. The number of hydrogen-bond donors (Lipinski definition) is 3. The van der Waals surface area contributed by atoms with E-state index >= 15 is 0 Å². The third-order valence-electron chi connectivity index (χ3n) is 15.1. The Morgan fingerprint density at radius 1 is 1.05 bits per heavy atom. The quantitative estimate of drug-likeness (QED) is 0.330. The molecule has 8 unspecified atom stereocenters. The lowest BCUT2D eigenvalue weighted by atomic mass is 9.41. The van der Waals surface area contributed by atoms with Crippen molar-refractivity contribution in [2.75, 3.05) is 20.6 Å². The van der Waals surface area contributed by atoms with Gasteiger partial charge in [-0.25, -0.2) is 0 Å². The first-order valence-electron chi connectivity index (χ1n) is 17.6. The van der Waals surface area contributed by atoms with Crippen molar-refractivity contribution in [2.45, 2.75) is 118 Å². The van der Waals surface area contributed by atoms with Gasteiger partial charge in [0.05, 0.1) is 6.10 Å². The second-order valence-electron chi connectivity index (χ2n) is 16.9. The minimum atomic E-state index is -0.378. The highest BCUT2D eigenvalue weighted by molar-refractivity contribution is 5.92. The van der Waals surface area contributed by atoms with Gasteiger partial charge in [0, 0.05) is 54.3 Å². The molecule has 0 aromatic heterocycles. The third-order valence-corrected chi connectivity index (χ3v) is 15.1. The minimum Gasteiger partial charge on any atom is -0.393 e. The highest BCUT2D eigenvalue weighted by Gasteiger charge is 2.86. The van der Waals surface area contributed by atoms with Crippen LogP contribution in [0.15, 0.2) is 30.3 Å². The third kappa shape index (κ3) is 4.29. The molecule has 0 saturated heterocycles. The number of Topliss-reactive ketones (excluding diaryl/α,β-unsaturated/α-hetero) is 1. The maximum Gasteiger partial charge on any atom is 0.223 e. The molecule has 5 aliphatic carbocycles. The van der Waals surface area contributed by atoms with Gasteiger partial charge in [0.1, 0.15) is 5.78 Å². The number of carbonyl (C=O) groups is 2. The molecule has 0 aliphatic heterocycles. The second-order valence-corrected chi connectivity index (χ2v) is 16.9. The summed E-state index contributed by atoms with van der Waals surface area (Å²) in [5, 5.41) is 19.0. The molecule has 6 heteroatoms. The summed E-state index contributed by atoms with van der Waals surface area (Å²) in [6.45, 7) is 15.2. The van der Waals surface area contributed by atoms with E-state index < -0.39 is 0 Å². The van der Waals surface area contributed by atoms with Gasteiger partial charge in [-0.15, -0.1) is 0 Å². The maximum atomic E-state index is 14.8. The smallest absolute Gasteiger partial charge is 0.223 e. The standard InChI is InChI=1S/C38H59N3O3/c1-9-24(2)33(44)40-30-17-18-37-22-38(37)29(16-15-28(37)34(30,4)23-39-21-26-13-11-10-12-14-26)35(5)19-27(42)32(25(3)41(7)8)36(35,6)20-31(38)43/h10-14,24-25,27-30,32,39,42H,9,15-23H2,1-8H3,(H,40,44)/t24?,25-,27+,28?,29?,30?,32?,34-,35-,36?,37?,38?/m0/s1. The van der Waals surface area contributed by atoms with Crippen molar-refractivity contribution in [1.82, 2.24) is 15.5 Å². The Labute approximate surface area is 266 Å². The molecule has 244 valence electrons. The van der Waals surface area contributed by atoms with Crippen LogP contribution in [-0.4, -0.2) is 60.5 Å². The van der Waals surface area contributed by atoms with Crippen LogP contribution < -0.4 is 10.6 Å². The second kappa shape index (κ2) is 10.9. The number of fused-ring (bicyclic) bond motifs is 2. The average molecular weight is 606 g/mol. The number of hydrogen-bond acceptors (Lipinski definition) is 5. The first kappa shape index (κ1) is 32.2. The highest BCUT2D eigenvalue weighted by atomic mass is 16.3. The van der Waals surface area contributed by atoms with Crippen LogP contribution in [0.2, 0.25) is 0 Å². The van der Waals surface area contributed by atoms with Gasteiger partial charge in [0.15, 0.2) is 0 Å². The highest BCUT2D eigenvalue weighted by Crippen LogP contribution is 2.87. The molecule has 1 aromatic carbocycles. The molecule has 6 nitrogen and oxygen atoms in total. The largest absolute Gasteiger partial charge is 0.393 e. The number of ketones is 1. The normalized spacial score (nSPS) is 45.5. The van der Waals surface area contributed by atoms with E-state index in [1.165, 1.54) is 5.56 Å². The average Bonchev–Trinajstić information content (AvgIpc) is 3.62. The molecular weight excluding hydrogens is 546 g/mol. The van der Waals surface area contributed by atoms with Gasteiger partial charge < -0.3 is 20.6 Å². The molecule has 44 heavy (non-hydrogen) atoms. The van der Waals surface area contributed by atoms with Crippen LogP contribution in [0.25, 0.3) is 0 Å². The zero-order chi connectivity index (χ0) is 31.9. The van der Waals surface area contributed by atoms with E-state index in [0.717, 1.165) is 58.0 Å². The van der Waals surface area contributed by atoms with Crippen molar-refractivity contribution in [3.8, 4) is 0 Å². The number of nitrogens with zero attached hydrogens (tertiary/aromatic N) is 1. The summed E-state index contributed by atoms with van der Waals surface area (Å²) in [4.78, 5) is 30.3. The summed E-state index contributed by atoms with van der Waals surface area (Å²) >= 11 is 0. The molecule has 3 N–H and O–H groups in total. The van der Waals surface area contributed by atoms with Gasteiger partial charge in [-0.2, -0.15) is 0 Å². The monoisotopic (exact) mass is 605 g/mol. The van der Waals surface area contributed by atoms with E-state index in [-0.39, 0.29) is 63.0 Å². The molecule has 1 aromatic rings. The van der Waals surface area contributed by atoms with Crippen LogP contribution in [0.3, 0.4) is 0 Å². The number of nitrogens with one attached hydrogen (secondary N) is 2. The number of amides is 1. The Morgan fingerprint density at radius 2 is 1.73 bits per heavy atom. The number of rotatable bonds is 9. The lowest BCUT2D eigenvalue weighted by Crippen LogP contribution is -2.65. The van der Waals surface area contributed by atoms with E-state index in [0.29, 0.717) is 24.0 Å². The summed E-state index contributed by atoms with van der Waals surface area (Å²) in [5.74, 6) is 1.44. The zero-order valence-corrected chi connectivity index (χ0v) is 28.7. The Morgan fingerprint density at radius 3 is 2.39 bits per heavy atom. The lowest BCUT2D eigenvalue weighted by Gasteiger charge is -2.63. The van der Waals surface area contributed by atoms with Gasteiger partial charge in [0.25, 0.3) is 0 Å². The van der Waals surface area contributed by atoms with Gasteiger partial charge >= 0.3 is 0 Å². The molecule has 5 aliphatic rings. The SMILES string of the molecule is CCC(C)C(=O)NC1CCC23CC24C(=O)CC2(C)C([C@H](C)N(C)C)[C@H](O)C[C@@]2(C)C4CCC3[C@]1(C)CNCc1ccccc1. The predicted octanol–water partition coefficient (Wildman–Crippen LogP) is 5.83. The molecule has 2 spiro atoms. The molecule has 1 amide bonds. The Balaban J connectivity index is 1.33. The van der Waals surface area contributed by atoms with Crippen LogP contribution in [0.1, 0.15) is 98.5 Å². The van der Waals surface area contributed by atoms with E-state index in [4.69, 9.17) is 0 Å². The molecule has 6 rings (SSSR count). The summed E-state index contributed by atoms with van der Waals surface area (Å²) < 4.78 is 0. The van der Waals surface area contributed by atoms with E-state index in [1.807, 2.05) is 6.92 Å². The van der Waals surface area contributed by atoms with Crippen LogP contribution in [0.4, 0.5) is 0 Å². The van der Waals surface area contributed by atoms with Crippen LogP contribution in [0, 0.1) is 50.7 Å². The number of benzene rings is 1. The Hall–Kier alpha value is -1.76.